The highest BCUT2D eigenvalue weighted by atomic mass is 19.1. The summed E-state index contributed by atoms with van der Waals surface area (Å²) in [7, 11) is 0. The van der Waals surface area contributed by atoms with Crippen LogP contribution < -0.4 is 5.56 Å². The van der Waals surface area contributed by atoms with Gasteiger partial charge in [-0.2, -0.15) is 14.0 Å². The van der Waals surface area contributed by atoms with Crippen LogP contribution in [0.4, 0.5) is 4.39 Å². The fraction of sp³-hybridized carbons (Fsp3) is 0.417. The maximum Gasteiger partial charge on any atom is 0.310 e. The van der Waals surface area contributed by atoms with Gasteiger partial charge in [-0.25, -0.2) is 4.98 Å². The zero-order valence-electron chi connectivity index (χ0n) is 10.3. The second-order valence-corrected chi connectivity index (χ2v) is 4.45. The van der Waals surface area contributed by atoms with Crippen molar-refractivity contribution in [2.75, 3.05) is 0 Å². The first-order chi connectivity index (χ1) is 7.91. The summed E-state index contributed by atoms with van der Waals surface area (Å²) in [4.78, 5) is 15.7. The summed E-state index contributed by atoms with van der Waals surface area (Å²) in [5.41, 5.74) is 1.49. The van der Waals surface area contributed by atoms with Gasteiger partial charge < -0.3 is 0 Å². The molecule has 90 valence electrons. The number of fused-ring (bicyclic) bond motifs is 1. The van der Waals surface area contributed by atoms with Crippen LogP contribution in [-0.4, -0.2) is 14.6 Å². The van der Waals surface area contributed by atoms with E-state index in [0.717, 1.165) is 15.8 Å². The molecule has 0 aliphatic carbocycles. The molecule has 0 aromatic carbocycles. The van der Waals surface area contributed by atoms with Crippen LogP contribution >= 0.6 is 0 Å². The Hall–Kier alpha value is -1.78. The van der Waals surface area contributed by atoms with E-state index in [4.69, 9.17) is 0 Å². The van der Waals surface area contributed by atoms with E-state index in [0.29, 0.717) is 5.65 Å². The van der Waals surface area contributed by atoms with Crippen molar-refractivity contribution in [1.29, 1.82) is 0 Å². The van der Waals surface area contributed by atoms with E-state index in [9.17, 15) is 9.18 Å². The molecule has 0 radical (unpaired) electrons. The molecule has 0 N–H and O–H groups in total. The number of nitrogens with zero attached hydrogens (tertiary/aromatic N) is 3. The number of aryl methyl sites for hydroxylation is 2. The van der Waals surface area contributed by atoms with Crippen molar-refractivity contribution < 1.29 is 4.39 Å². The van der Waals surface area contributed by atoms with Crippen LogP contribution in [0.15, 0.2) is 10.9 Å². The molecular formula is C12H14FN3O. The first-order valence-corrected chi connectivity index (χ1v) is 5.48. The average molecular weight is 235 g/mol. The molecule has 0 fully saturated rings. The standard InChI is InChI=1S/C12H14FN3O/c1-6(2)11-7(3)5-9-14-8(4)10(13)12(17)16(9)15-11/h5-6H,1-4H3. The van der Waals surface area contributed by atoms with Gasteiger partial charge in [-0.15, -0.1) is 0 Å². The van der Waals surface area contributed by atoms with Gasteiger partial charge in [0.1, 0.15) is 0 Å². The summed E-state index contributed by atoms with van der Waals surface area (Å²) in [5, 5.41) is 4.18. The monoisotopic (exact) mass is 235 g/mol. The second-order valence-electron chi connectivity index (χ2n) is 4.45. The molecule has 0 amide bonds. The van der Waals surface area contributed by atoms with Crippen LogP contribution in [0.2, 0.25) is 0 Å². The maximum absolute atomic E-state index is 13.5. The Morgan fingerprint density at radius 3 is 2.59 bits per heavy atom. The first kappa shape index (κ1) is 11.7. The van der Waals surface area contributed by atoms with Gasteiger partial charge in [-0.3, -0.25) is 4.79 Å². The van der Waals surface area contributed by atoms with E-state index >= 15 is 0 Å². The predicted molar refractivity (Wildman–Crippen MR) is 62.8 cm³/mol. The van der Waals surface area contributed by atoms with Gasteiger partial charge in [-0.05, 0) is 31.4 Å². The van der Waals surface area contributed by atoms with E-state index in [1.54, 1.807) is 6.07 Å². The van der Waals surface area contributed by atoms with Gasteiger partial charge in [0, 0.05) is 0 Å². The molecule has 17 heavy (non-hydrogen) atoms. The summed E-state index contributed by atoms with van der Waals surface area (Å²) in [6, 6.07) is 1.76. The molecule has 0 aliphatic heterocycles. The van der Waals surface area contributed by atoms with Gasteiger partial charge in [0.05, 0.1) is 11.4 Å². The van der Waals surface area contributed by atoms with E-state index in [1.165, 1.54) is 6.92 Å². The van der Waals surface area contributed by atoms with Gasteiger partial charge >= 0.3 is 5.56 Å². The second kappa shape index (κ2) is 3.91. The Morgan fingerprint density at radius 2 is 2.00 bits per heavy atom. The Kier molecular flexibility index (Phi) is 2.69. The Bertz CT molecular complexity index is 646. The summed E-state index contributed by atoms with van der Waals surface area (Å²) in [6.45, 7) is 7.34. The zero-order valence-corrected chi connectivity index (χ0v) is 10.3. The van der Waals surface area contributed by atoms with Gasteiger partial charge in [0.25, 0.3) is 0 Å². The van der Waals surface area contributed by atoms with Crippen molar-refractivity contribution in [3.05, 3.63) is 39.2 Å². The molecular weight excluding hydrogens is 221 g/mol. The molecule has 2 aromatic heterocycles. The normalized spacial score (nSPS) is 11.4. The van der Waals surface area contributed by atoms with E-state index < -0.39 is 11.4 Å². The number of hydrogen-bond acceptors (Lipinski definition) is 3. The van der Waals surface area contributed by atoms with Crippen molar-refractivity contribution in [2.45, 2.75) is 33.6 Å². The molecule has 2 heterocycles. The lowest BCUT2D eigenvalue weighted by molar-refractivity contribution is 0.573. The maximum atomic E-state index is 13.5. The minimum Gasteiger partial charge on any atom is -0.264 e. The third-order valence-corrected chi connectivity index (χ3v) is 2.70. The van der Waals surface area contributed by atoms with Gasteiger partial charge in [0.15, 0.2) is 5.65 Å². The molecule has 2 rings (SSSR count). The van der Waals surface area contributed by atoms with Crippen LogP contribution in [0, 0.1) is 19.7 Å². The van der Waals surface area contributed by atoms with Crippen molar-refractivity contribution in [1.82, 2.24) is 14.6 Å². The number of aromatic nitrogens is 3. The molecule has 4 nitrogen and oxygen atoms in total. The number of halogens is 1. The van der Waals surface area contributed by atoms with E-state index in [2.05, 4.69) is 10.1 Å². The molecule has 0 saturated heterocycles. The SMILES string of the molecule is Cc1cc2nc(C)c(F)c(=O)n2nc1C(C)C. The fourth-order valence-corrected chi connectivity index (χ4v) is 1.84. The lowest BCUT2D eigenvalue weighted by atomic mass is 10.1. The summed E-state index contributed by atoms with van der Waals surface area (Å²) < 4.78 is 14.5. The van der Waals surface area contributed by atoms with Gasteiger partial charge in [-0.1, -0.05) is 13.8 Å². The molecule has 0 aliphatic rings. The molecule has 0 saturated carbocycles. The molecule has 2 aromatic rings. The van der Waals surface area contributed by atoms with Crippen LogP contribution in [0.3, 0.4) is 0 Å². The van der Waals surface area contributed by atoms with Gasteiger partial charge in [0.2, 0.25) is 5.82 Å². The third-order valence-electron chi connectivity index (χ3n) is 2.70. The molecule has 0 unspecified atom stereocenters. The number of hydrogen-bond donors (Lipinski definition) is 0. The molecule has 0 atom stereocenters. The molecule has 5 heteroatoms. The Balaban J connectivity index is 2.90. The summed E-state index contributed by atoms with van der Waals surface area (Å²) >= 11 is 0. The topological polar surface area (TPSA) is 47.3 Å². The quantitative estimate of drug-likeness (QED) is 0.759. The van der Waals surface area contributed by atoms with E-state index in [1.807, 2.05) is 20.8 Å². The van der Waals surface area contributed by atoms with Crippen molar-refractivity contribution in [3.63, 3.8) is 0 Å². The third kappa shape index (κ3) is 1.81. The van der Waals surface area contributed by atoms with Crippen LogP contribution in [0.1, 0.15) is 36.7 Å². The number of rotatable bonds is 1. The summed E-state index contributed by atoms with van der Waals surface area (Å²) in [5.74, 6) is -0.663. The lowest BCUT2D eigenvalue weighted by Crippen LogP contribution is -2.24. The van der Waals surface area contributed by atoms with Crippen molar-refractivity contribution >= 4 is 5.65 Å². The highest BCUT2D eigenvalue weighted by molar-refractivity contribution is 5.42. The molecule has 0 spiro atoms. The summed E-state index contributed by atoms with van der Waals surface area (Å²) in [6.07, 6.45) is 0. The fourth-order valence-electron chi connectivity index (χ4n) is 1.84. The minimum absolute atomic E-state index is 0.105. The van der Waals surface area contributed by atoms with Crippen molar-refractivity contribution in [2.24, 2.45) is 0 Å². The van der Waals surface area contributed by atoms with E-state index in [-0.39, 0.29) is 11.6 Å². The Labute approximate surface area is 98.1 Å². The largest absolute Gasteiger partial charge is 0.310 e. The van der Waals surface area contributed by atoms with Crippen molar-refractivity contribution in [3.8, 4) is 0 Å². The smallest absolute Gasteiger partial charge is 0.264 e. The average Bonchev–Trinajstić information content (AvgIpc) is 2.25. The Morgan fingerprint density at radius 1 is 1.35 bits per heavy atom. The highest BCUT2D eigenvalue weighted by Gasteiger charge is 2.13. The van der Waals surface area contributed by atoms with Crippen LogP contribution in [0.25, 0.3) is 5.65 Å². The van der Waals surface area contributed by atoms with Crippen LogP contribution in [-0.2, 0) is 0 Å². The first-order valence-electron chi connectivity index (χ1n) is 5.48. The minimum atomic E-state index is -0.839. The molecule has 0 bridgehead atoms. The van der Waals surface area contributed by atoms with Crippen LogP contribution in [0.5, 0.6) is 0 Å². The lowest BCUT2D eigenvalue weighted by Gasteiger charge is -2.10. The highest BCUT2D eigenvalue weighted by Crippen LogP contribution is 2.16. The predicted octanol–water partition coefficient (Wildman–Crippen LogP) is 1.97. The zero-order chi connectivity index (χ0) is 12.7.